The van der Waals surface area contributed by atoms with Gasteiger partial charge < -0.3 is 15.0 Å². The summed E-state index contributed by atoms with van der Waals surface area (Å²) in [7, 11) is 1.95. The molecule has 4 heteroatoms. The Kier molecular flexibility index (Phi) is 4.59. The number of para-hydroxylation sites is 1. The highest BCUT2D eigenvalue weighted by Crippen LogP contribution is 2.16. The van der Waals surface area contributed by atoms with E-state index in [2.05, 4.69) is 5.32 Å². The number of amides is 1. The lowest BCUT2D eigenvalue weighted by Crippen LogP contribution is -2.34. The summed E-state index contributed by atoms with van der Waals surface area (Å²) in [5, 5.41) is 3.16. The largest absolute Gasteiger partial charge is 0.484 e. The maximum absolute atomic E-state index is 11.9. The molecule has 2 rings (SSSR count). The van der Waals surface area contributed by atoms with Gasteiger partial charge in [-0.1, -0.05) is 18.2 Å². The van der Waals surface area contributed by atoms with E-state index in [1.165, 1.54) is 0 Å². The average molecular weight is 248 g/mol. The minimum atomic E-state index is 0.0810. The first kappa shape index (κ1) is 12.9. The monoisotopic (exact) mass is 248 g/mol. The molecule has 1 saturated heterocycles. The molecule has 1 amide bonds. The normalized spacial score (nSPS) is 18.9. The van der Waals surface area contributed by atoms with Crippen molar-refractivity contribution in [3.8, 4) is 5.75 Å². The van der Waals surface area contributed by atoms with Gasteiger partial charge in [-0.25, -0.2) is 0 Å². The summed E-state index contributed by atoms with van der Waals surface area (Å²) in [4.78, 5) is 13.8. The number of hydrogen-bond donors (Lipinski definition) is 1. The molecule has 1 aliphatic heterocycles. The quantitative estimate of drug-likeness (QED) is 0.849. The van der Waals surface area contributed by atoms with Gasteiger partial charge in [0.2, 0.25) is 0 Å². The molecule has 1 aromatic rings. The molecule has 98 valence electrons. The van der Waals surface area contributed by atoms with Gasteiger partial charge in [0.05, 0.1) is 0 Å². The van der Waals surface area contributed by atoms with Crippen LogP contribution in [0.25, 0.3) is 0 Å². The van der Waals surface area contributed by atoms with E-state index >= 15 is 0 Å². The summed E-state index contributed by atoms with van der Waals surface area (Å²) >= 11 is 0. The second-order valence-corrected chi connectivity index (χ2v) is 4.65. The minimum absolute atomic E-state index is 0.0810. The SMILES string of the molecule is CNCC1CCN(C(=O)COc2ccccc2)C1. The van der Waals surface area contributed by atoms with Crippen LogP contribution in [0.5, 0.6) is 5.75 Å². The van der Waals surface area contributed by atoms with Crippen LogP contribution < -0.4 is 10.1 Å². The van der Waals surface area contributed by atoms with Crippen molar-refractivity contribution in [1.29, 1.82) is 0 Å². The summed E-state index contributed by atoms with van der Waals surface area (Å²) in [6.07, 6.45) is 1.08. The smallest absolute Gasteiger partial charge is 0.260 e. The molecule has 1 fully saturated rings. The third-order valence-electron chi connectivity index (χ3n) is 3.24. The van der Waals surface area contributed by atoms with Crippen molar-refractivity contribution in [2.24, 2.45) is 5.92 Å². The van der Waals surface area contributed by atoms with Crippen molar-refractivity contribution < 1.29 is 9.53 Å². The predicted molar refractivity (Wildman–Crippen MR) is 70.6 cm³/mol. The molecule has 0 radical (unpaired) electrons. The summed E-state index contributed by atoms with van der Waals surface area (Å²) < 4.78 is 5.47. The van der Waals surface area contributed by atoms with Crippen LogP contribution in [0.2, 0.25) is 0 Å². The molecule has 0 aromatic heterocycles. The molecule has 0 bridgehead atoms. The Hall–Kier alpha value is -1.55. The molecular formula is C14H20N2O2. The number of nitrogens with one attached hydrogen (secondary N) is 1. The zero-order valence-electron chi connectivity index (χ0n) is 10.8. The topological polar surface area (TPSA) is 41.6 Å². The van der Waals surface area contributed by atoms with Gasteiger partial charge in [-0.2, -0.15) is 0 Å². The molecule has 1 unspecified atom stereocenters. The van der Waals surface area contributed by atoms with Crippen LogP contribution in [0.15, 0.2) is 30.3 Å². The minimum Gasteiger partial charge on any atom is -0.484 e. The lowest BCUT2D eigenvalue weighted by molar-refractivity contribution is -0.132. The van der Waals surface area contributed by atoms with E-state index in [0.717, 1.165) is 31.8 Å². The molecule has 18 heavy (non-hydrogen) atoms. The van der Waals surface area contributed by atoms with Crippen LogP contribution in [0, 0.1) is 5.92 Å². The van der Waals surface area contributed by atoms with Crippen LogP contribution in [0.1, 0.15) is 6.42 Å². The number of ether oxygens (including phenoxy) is 1. The standard InChI is InChI=1S/C14H20N2O2/c1-15-9-12-7-8-16(10-12)14(17)11-18-13-5-3-2-4-6-13/h2-6,12,15H,7-11H2,1H3. The second kappa shape index (κ2) is 6.40. The van der Waals surface area contributed by atoms with E-state index in [9.17, 15) is 4.79 Å². The molecule has 1 atom stereocenters. The Morgan fingerprint density at radius 3 is 2.94 bits per heavy atom. The maximum Gasteiger partial charge on any atom is 0.260 e. The molecular weight excluding hydrogens is 228 g/mol. The molecule has 1 heterocycles. The molecule has 1 aliphatic rings. The molecule has 1 N–H and O–H groups in total. The molecule has 0 aliphatic carbocycles. The van der Waals surface area contributed by atoms with E-state index in [1.54, 1.807) is 0 Å². The highest BCUT2D eigenvalue weighted by Gasteiger charge is 2.25. The Bertz CT molecular complexity index is 381. The number of carbonyl (C=O) groups excluding carboxylic acids is 1. The van der Waals surface area contributed by atoms with Crippen molar-refractivity contribution in [2.45, 2.75) is 6.42 Å². The first-order valence-corrected chi connectivity index (χ1v) is 6.40. The fourth-order valence-corrected chi connectivity index (χ4v) is 2.27. The fraction of sp³-hybridized carbons (Fsp3) is 0.500. The van der Waals surface area contributed by atoms with Crippen LogP contribution in [-0.4, -0.2) is 44.1 Å². The van der Waals surface area contributed by atoms with Gasteiger partial charge in [-0.15, -0.1) is 0 Å². The Labute approximate surface area is 108 Å². The Morgan fingerprint density at radius 1 is 1.44 bits per heavy atom. The van der Waals surface area contributed by atoms with Crippen LogP contribution >= 0.6 is 0 Å². The highest BCUT2D eigenvalue weighted by molar-refractivity contribution is 5.78. The number of likely N-dealkylation sites (tertiary alicyclic amines) is 1. The van der Waals surface area contributed by atoms with Crippen LogP contribution in [0.3, 0.4) is 0 Å². The van der Waals surface area contributed by atoms with Gasteiger partial charge in [0.15, 0.2) is 6.61 Å². The van der Waals surface area contributed by atoms with Gasteiger partial charge in [-0.05, 0) is 38.1 Å². The number of hydrogen-bond acceptors (Lipinski definition) is 3. The zero-order valence-corrected chi connectivity index (χ0v) is 10.8. The van der Waals surface area contributed by atoms with E-state index in [4.69, 9.17) is 4.74 Å². The summed E-state index contributed by atoms with van der Waals surface area (Å²) in [6.45, 7) is 2.81. The fourth-order valence-electron chi connectivity index (χ4n) is 2.27. The van der Waals surface area contributed by atoms with E-state index in [0.29, 0.717) is 5.92 Å². The molecule has 0 spiro atoms. The van der Waals surface area contributed by atoms with E-state index < -0.39 is 0 Å². The zero-order chi connectivity index (χ0) is 12.8. The molecule has 1 aromatic carbocycles. The van der Waals surface area contributed by atoms with E-state index in [1.807, 2.05) is 42.3 Å². The average Bonchev–Trinajstić information content (AvgIpc) is 2.86. The van der Waals surface area contributed by atoms with Crippen molar-refractivity contribution >= 4 is 5.91 Å². The van der Waals surface area contributed by atoms with E-state index in [-0.39, 0.29) is 12.5 Å². The first-order valence-electron chi connectivity index (χ1n) is 6.40. The molecule has 4 nitrogen and oxygen atoms in total. The first-order chi connectivity index (χ1) is 8.79. The van der Waals surface area contributed by atoms with Crippen molar-refractivity contribution in [2.75, 3.05) is 33.3 Å². The van der Waals surface area contributed by atoms with Crippen molar-refractivity contribution in [3.05, 3.63) is 30.3 Å². The lowest BCUT2D eigenvalue weighted by Gasteiger charge is -2.16. The second-order valence-electron chi connectivity index (χ2n) is 4.65. The van der Waals surface area contributed by atoms with Gasteiger partial charge in [-0.3, -0.25) is 4.79 Å². The molecule has 0 saturated carbocycles. The Morgan fingerprint density at radius 2 is 2.22 bits per heavy atom. The number of carbonyl (C=O) groups is 1. The summed E-state index contributed by atoms with van der Waals surface area (Å²) in [6, 6.07) is 9.46. The van der Waals surface area contributed by atoms with Crippen molar-refractivity contribution in [3.63, 3.8) is 0 Å². The van der Waals surface area contributed by atoms with Crippen molar-refractivity contribution in [1.82, 2.24) is 10.2 Å². The third kappa shape index (κ3) is 3.47. The van der Waals surface area contributed by atoms with Gasteiger partial charge in [0.25, 0.3) is 5.91 Å². The van der Waals surface area contributed by atoms with Gasteiger partial charge in [0, 0.05) is 13.1 Å². The number of rotatable bonds is 5. The van der Waals surface area contributed by atoms with Crippen LogP contribution in [0.4, 0.5) is 0 Å². The number of nitrogens with zero attached hydrogens (tertiary/aromatic N) is 1. The third-order valence-corrected chi connectivity index (χ3v) is 3.24. The highest BCUT2D eigenvalue weighted by atomic mass is 16.5. The summed E-state index contributed by atoms with van der Waals surface area (Å²) in [5.74, 6) is 1.41. The van der Waals surface area contributed by atoms with Gasteiger partial charge >= 0.3 is 0 Å². The number of benzene rings is 1. The van der Waals surface area contributed by atoms with Crippen LogP contribution in [-0.2, 0) is 4.79 Å². The maximum atomic E-state index is 11.9. The lowest BCUT2D eigenvalue weighted by atomic mass is 10.1. The Balaban J connectivity index is 1.76. The summed E-state index contributed by atoms with van der Waals surface area (Å²) in [5.41, 5.74) is 0. The van der Waals surface area contributed by atoms with Gasteiger partial charge in [0.1, 0.15) is 5.75 Å². The predicted octanol–water partition coefficient (Wildman–Crippen LogP) is 1.13.